The lowest BCUT2D eigenvalue weighted by atomic mass is 10.1. The average molecular weight is 364 g/mol. The third kappa shape index (κ3) is 3.71. The molecule has 0 N–H and O–H groups in total. The van der Waals surface area contributed by atoms with Crippen LogP contribution in [0.15, 0.2) is 42.5 Å². The molecule has 1 aliphatic heterocycles. The Hall–Kier alpha value is -2.67. The van der Waals surface area contributed by atoms with Crippen molar-refractivity contribution in [2.75, 3.05) is 31.1 Å². The van der Waals surface area contributed by atoms with Gasteiger partial charge in [0.05, 0.1) is 15.6 Å². The van der Waals surface area contributed by atoms with Crippen LogP contribution in [0.3, 0.4) is 0 Å². The van der Waals surface area contributed by atoms with E-state index in [0.29, 0.717) is 42.5 Å². The highest BCUT2D eigenvalue weighted by Gasteiger charge is 2.24. The number of piperazine rings is 1. The van der Waals surface area contributed by atoms with Gasteiger partial charge in [0.1, 0.15) is 5.82 Å². The van der Waals surface area contributed by atoms with Crippen LogP contribution >= 0.6 is 11.6 Å². The van der Waals surface area contributed by atoms with Crippen LogP contribution < -0.4 is 4.90 Å². The fraction of sp³-hybridized carbons (Fsp3) is 0.235. The average Bonchev–Trinajstić information content (AvgIpc) is 2.62. The Balaban J connectivity index is 1.66. The molecule has 0 aromatic heterocycles. The summed E-state index contributed by atoms with van der Waals surface area (Å²) in [6, 6.07) is 9.83. The number of carbonyl (C=O) groups is 1. The first-order valence-electron chi connectivity index (χ1n) is 7.69. The Labute approximate surface area is 148 Å². The maximum absolute atomic E-state index is 13.0. The standard InChI is InChI=1S/C17H15ClFN3O3/c18-15-11-14(22(24)25)5-6-16(15)20-7-9-21(10-8-20)17(23)12-1-3-13(19)4-2-12/h1-6,11H,7-10H2. The van der Waals surface area contributed by atoms with E-state index in [1.807, 2.05) is 4.90 Å². The molecule has 6 nitrogen and oxygen atoms in total. The number of amides is 1. The van der Waals surface area contributed by atoms with Crippen molar-refractivity contribution in [3.63, 3.8) is 0 Å². The van der Waals surface area contributed by atoms with Gasteiger partial charge in [-0.15, -0.1) is 0 Å². The molecular formula is C17H15ClFN3O3. The van der Waals surface area contributed by atoms with Crippen molar-refractivity contribution in [1.29, 1.82) is 0 Å². The van der Waals surface area contributed by atoms with Crippen LogP contribution in [0.25, 0.3) is 0 Å². The number of nitro groups is 1. The summed E-state index contributed by atoms with van der Waals surface area (Å²) < 4.78 is 13.0. The van der Waals surface area contributed by atoms with Crippen molar-refractivity contribution >= 4 is 28.9 Å². The van der Waals surface area contributed by atoms with Crippen molar-refractivity contribution in [1.82, 2.24) is 4.90 Å². The molecule has 1 heterocycles. The van der Waals surface area contributed by atoms with Crippen molar-refractivity contribution in [2.24, 2.45) is 0 Å². The van der Waals surface area contributed by atoms with Crippen LogP contribution in [0, 0.1) is 15.9 Å². The largest absolute Gasteiger partial charge is 0.367 e. The van der Waals surface area contributed by atoms with Gasteiger partial charge in [0.25, 0.3) is 11.6 Å². The summed E-state index contributed by atoms with van der Waals surface area (Å²) in [5.74, 6) is -0.524. The zero-order valence-corrected chi connectivity index (χ0v) is 13.9. The highest BCUT2D eigenvalue weighted by Crippen LogP contribution is 2.30. The van der Waals surface area contributed by atoms with Crippen LogP contribution in [-0.2, 0) is 0 Å². The number of carbonyl (C=O) groups excluding carboxylic acids is 1. The summed E-state index contributed by atoms with van der Waals surface area (Å²) >= 11 is 6.15. The molecule has 0 aliphatic carbocycles. The van der Waals surface area contributed by atoms with E-state index in [1.165, 1.54) is 36.4 Å². The second kappa shape index (κ2) is 7.06. The van der Waals surface area contributed by atoms with E-state index in [9.17, 15) is 19.3 Å². The SMILES string of the molecule is O=C(c1ccc(F)cc1)N1CCN(c2ccc([N+](=O)[O-])cc2Cl)CC1. The Morgan fingerprint density at radius 1 is 1.08 bits per heavy atom. The number of rotatable bonds is 3. The van der Waals surface area contributed by atoms with Crippen molar-refractivity contribution in [3.05, 3.63) is 69.0 Å². The number of nitrogens with zero attached hydrogens (tertiary/aromatic N) is 3. The first kappa shape index (κ1) is 17.2. The zero-order valence-electron chi connectivity index (χ0n) is 13.2. The lowest BCUT2D eigenvalue weighted by Gasteiger charge is -2.36. The molecule has 0 bridgehead atoms. The van der Waals surface area contributed by atoms with E-state index < -0.39 is 4.92 Å². The van der Waals surface area contributed by atoms with Gasteiger partial charge < -0.3 is 9.80 Å². The molecule has 2 aromatic rings. The third-order valence-electron chi connectivity index (χ3n) is 4.14. The van der Waals surface area contributed by atoms with Gasteiger partial charge in [0.15, 0.2) is 0 Å². The zero-order chi connectivity index (χ0) is 18.0. The summed E-state index contributed by atoms with van der Waals surface area (Å²) in [6.07, 6.45) is 0. The molecular weight excluding hydrogens is 349 g/mol. The van der Waals surface area contributed by atoms with E-state index in [-0.39, 0.29) is 17.4 Å². The Morgan fingerprint density at radius 2 is 1.72 bits per heavy atom. The van der Waals surface area contributed by atoms with Gasteiger partial charge in [-0.05, 0) is 30.3 Å². The molecule has 0 unspecified atom stereocenters. The molecule has 0 saturated carbocycles. The maximum Gasteiger partial charge on any atom is 0.271 e. The molecule has 3 rings (SSSR count). The summed E-state index contributed by atoms with van der Waals surface area (Å²) in [5, 5.41) is 11.1. The number of anilines is 1. The molecule has 1 saturated heterocycles. The molecule has 25 heavy (non-hydrogen) atoms. The minimum atomic E-state index is -0.491. The van der Waals surface area contributed by atoms with Gasteiger partial charge >= 0.3 is 0 Å². The molecule has 1 amide bonds. The minimum absolute atomic E-state index is 0.0566. The molecule has 2 aromatic carbocycles. The summed E-state index contributed by atoms with van der Waals surface area (Å²) in [5.41, 5.74) is 1.10. The van der Waals surface area contributed by atoms with Crippen LogP contribution in [-0.4, -0.2) is 41.9 Å². The Bertz CT molecular complexity index is 805. The van der Waals surface area contributed by atoms with Gasteiger partial charge in [0.2, 0.25) is 0 Å². The normalized spacial score (nSPS) is 14.5. The van der Waals surface area contributed by atoms with Gasteiger partial charge in [0, 0.05) is 43.9 Å². The van der Waals surface area contributed by atoms with Crippen molar-refractivity contribution < 1.29 is 14.1 Å². The predicted octanol–water partition coefficient (Wildman–Crippen LogP) is 3.35. The molecule has 130 valence electrons. The lowest BCUT2D eigenvalue weighted by molar-refractivity contribution is -0.384. The van der Waals surface area contributed by atoms with Crippen LogP contribution in [0.5, 0.6) is 0 Å². The number of hydrogen-bond donors (Lipinski definition) is 0. The third-order valence-corrected chi connectivity index (χ3v) is 4.44. The monoisotopic (exact) mass is 363 g/mol. The van der Waals surface area contributed by atoms with Crippen LogP contribution in [0.4, 0.5) is 15.8 Å². The van der Waals surface area contributed by atoms with E-state index in [1.54, 1.807) is 11.0 Å². The fourth-order valence-electron chi connectivity index (χ4n) is 2.79. The Kier molecular flexibility index (Phi) is 4.85. The second-order valence-electron chi connectivity index (χ2n) is 5.68. The molecule has 0 spiro atoms. The van der Waals surface area contributed by atoms with E-state index in [0.717, 1.165) is 0 Å². The second-order valence-corrected chi connectivity index (χ2v) is 6.09. The molecule has 8 heteroatoms. The minimum Gasteiger partial charge on any atom is -0.367 e. The van der Waals surface area contributed by atoms with E-state index in [2.05, 4.69) is 0 Å². The lowest BCUT2D eigenvalue weighted by Crippen LogP contribution is -2.48. The van der Waals surface area contributed by atoms with Crippen molar-refractivity contribution in [2.45, 2.75) is 0 Å². The molecule has 1 aliphatic rings. The number of halogens is 2. The first-order chi connectivity index (χ1) is 12.0. The van der Waals surface area contributed by atoms with Gasteiger partial charge in [-0.3, -0.25) is 14.9 Å². The van der Waals surface area contributed by atoms with E-state index >= 15 is 0 Å². The van der Waals surface area contributed by atoms with Crippen molar-refractivity contribution in [3.8, 4) is 0 Å². The fourth-order valence-corrected chi connectivity index (χ4v) is 3.09. The highest BCUT2D eigenvalue weighted by atomic mass is 35.5. The van der Waals surface area contributed by atoms with Gasteiger partial charge in [-0.1, -0.05) is 11.6 Å². The number of non-ortho nitro benzene ring substituents is 1. The van der Waals surface area contributed by atoms with Crippen LogP contribution in [0.2, 0.25) is 5.02 Å². The highest BCUT2D eigenvalue weighted by molar-refractivity contribution is 6.33. The summed E-state index contributed by atoms with van der Waals surface area (Å²) in [6.45, 7) is 2.10. The molecule has 1 fully saturated rings. The quantitative estimate of drug-likeness (QED) is 0.619. The smallest absolute Gasteiger partial charge is 0.271 e. The van der Waals surface area contributed by atoms with Gasteiger partial charge in [-0.25, -0.2) is 4.39 Å². The number of benzene rings is 2. The number of hydrogen-bond acceptors (Lipinski definition) is 4. The summed E-state index contributed by atoms with van der Waals surface area (Å²) in [7, 11) is 0. The Morgan fingerprint density at radius 3 is 2.28 bits per heavy atom. The molecule has 0 atom stereocenters. The summed E-state index contributed by atoms with van der Waals surface area (Å²) in [4.78, 5) is 26.4. The van der Waals surface area contributed by atoms with Crippen LogP contribution in [0.1, 0.15) is 10.4 Å². The van der Waals surface area contributed by atoms with Gasteiger partial charge in [-0.2, -0.15) is 0 Å². The van der Waals surface area contributed by atoms with E-state index in [4.69, 9.17) is 11.6 Å². The first-order valence-corrected chi connectivity index (χ1v) is 8.07. The maximum atomic E-state index is 13.0. The topological polar surface area (TPSA) is 66.7 Å². The number of nitro benzene ring substituents is 1. The molecule has 0 radical (unpaired) electrons. The predicted molar refractivity (Wildman–Crippen MR) is 92.6 cm³/mol.